The summed E-state index contributed by atoms with van der Waals surface area (Å²) in [5.74, 6) is -1.60. The maximum Gasteiger partial charge on any atom is 0.354 e. The van der Waals surface area contributed by atoms with Crippen molar-refractivity contribution >= 4 is 47.3 Å². The second kappa shape index (κ2) is 5.57. The molecule has 22 heavy (non-hydrogen) atoms. The number of fused-ring (bicyclic) bond motifs is 1. The molecule has 1 fully saturated rings. The summed E-state index contributed by atoms with van der Waals surface area (Å²) in [5, 5.41) is 9.69. The van der Waals surface area contributed by atoms with Crippen LogP contribution in [-0.4, -0.2) is 44.4 Å². The average Bonchev–Trinajstić information content (AvgIpc) is 2.95. The number of anilines is 1. The van der Waals surface area contributed by atoms with Crippen molar-refractivity contribution in [3.63, 3.8) is 0 Å². The Bertz CT molecular complexity index is 763. The molecular formula is C10H13IN5O5P. The van der Waals surface area contributed by atoms with Gasteiger partial charge in [-0.05, 0) is 6.42 Å². The van der Waals surface area contributed by atoms with Gasteiger partial charge in [0.2, 0.25) is 11.8 Å². The SMILES string of the molecule is Nc1nc(O)c2ncn(C[C@@H]3C[C@H](P(=O)(O)O)O[C@@H]3I)c2n1. The van der Waals surface area contributed by atoms with Crippen LogP contribution in [0.15, 0.2) is 6.33 Å². The average molecular weight is 441 g/mol. The van der Waals surface area contributed by atoms with Gasteiger partial charge >= 0.3 is 7.60 Å². The molecule has 0 saturated carbocycles. The van der Waals surface area contributed by atoms with Crippen LogP contribution in [-0.2, 0) is 15.8 Å². The number of alkyl halides is 1. The lowest BCUT2D eigenvalue weighted by Gasteiger charge is -2.13. The van der Waals surface area contributed by atoms with E-state index in [0.717, 1.165) is 0 Å². The highest BCUT2D eigenvalue weighted by Gasteiger charge is 2.43. The minimum Gasteiger partial charge on any atom is -0.492 e. The first-order valence-electron chi connectivity index (χ1n) is 6.28. The predicted molar refractivity (Wildman–Crippen MR) is 84.2 cm³/mol. The molecule has 1 aliphatic heterocycles. The minimum atomic E-state index is -4.28. The lowest BCUT2D eigenvalue weighted by Crippen LogP contribution is -2.15. The zero-order chi connectivity index (χ0) is 16.1. The molecule has 1 saturated heterocycles. The maximum atomic E-state index is 11.3. The summed E-state index contributed by atoms with van der Waals surface area (Å²) in [7, 11) is -4.28. The van der Waals surface area contributed by atoms with Crippen molar-refractivity contribution in [1.29, 1.82) is 0 Å². The van der Waals surface area contributed by atoms with Crippen molar-refractivity contribution in [2.75, 3.05) is 5.73 Å². The number of aromatic hydroxyl groups is 1. The van der Waals surface area contributed by atoms with Gasteiger partial charge in [0.25, 0.3) is 0 Å². The van der Waals surface area contributed by atoms with Crippen LogP contribution in [0.4, 0.5) is 5.95 Å². The Labute approximate surface area is 138 Å². The molecule has 0 aliphatic carbocycles. The molecule has 1 aliphatic rings. The third-order valence-electron chi connectivity index (χ3n) is 3.43. The molecule has 120 valence electrons. The Morgan fingerprint density at radius 2 is 2.23 bits per heavy atom. The van der Waals surface area contributed by atoms with Gasteiger partial charge in [0.1, 0.15) is 4.11 Å². The highest BCUT2D eigenvalue weighted by atomic mass is 127. The van der Waals surface area contributed by atoms with Gasteiger partial charge in [-0.2, -0.15) is 9.97 Å². The van der Waals surface area contributed by atoms with E-state index in [9.17, 15) is 19.5 Å². The number of nitrogen functional groups attached to an aromatic ring is 1. The molecule has 0 bridgehead atoms. The van der Waals surface area contributed by atoms with Gasteiger partial charge in [-0.25, -0.2) is 4.98 Å². The first kappa shape index (κ1) is 15.9. The smallest absolute Gasteiger partial charge is 0.354 e. The molecule has 0 spiro atoms. The molecule has 0 amide bonds. The van der Waals surface area contributed by atoms with Crippen LogP contribution in [0, 0.1) is 5.92 Å². The third-order valence-corrected chi connectivity index (χ3v) is 5.82. The van der Waals surface area contributed by atoms with E-state index in [2.05, 4.69) is 15.0 Å². The highest BCUT2D eigenvalue weighted by molar-refractivity contribution is 14.1. The topological polar surface area (TPSA) is 157 Å². The second-order valence-electron chi connectivity index (χ2n) is 5.00. The summed E-state index contributed by atoms with van der Waals surface area (Å²) in [5.41, 5.74) is 6.11. The van der Waals surface area contributed by atoms with Crippen molar-refractivity contribution in [2.24, 2.45) is 5.92 Å². The van der Waals surface area contributed by atoms with Crippen molar-refractivity contribution in [1.82, 2.24) is 19.5 Å². The number of nitrogens with zero attached hydrogens (tertiary/aromatic N) is 4. The van der Waals surface area contributed by atoms with E-state index in [4.69, 9.17) is 10.5 Å². The quantitative estimate of drug-likeness (QED) is 0.301. The maximum absolute atomic E-state index is 11.3. The van der Waals surface area contributed by atoms with Gasteiger partial charge < -0.3 is 29.9 Å². The van der Waals surface area contributed by atoms with Gasteiger partial charge in [-0.3, -0.25) is 4.57 Å². The number of nitrogens with two attached hydrogens (primary N) is 1. The summed E-state index contributed by atoms with van der Waals surface area (Å²) in [6.45, 7) is 0.385. The summed E-state index contributed by atoms with van der Waals surface area (Å²) in [6, 6.07) is 0. The van der Waals surface area contributed by atoms with Crippen molar-refractivity contribution in [3.8, 4) is 5.88 Å². The zero-order valence-corrected chi connectivity index (χ0v) is 14.1. The number of rotatable bonds is 3. The first-order valence-corrected chi connectivity index (χ1v) is 9.20. The van der Waals surface area contributed by atoms with E-state index >= 15 is 0 Å². The Morgan fingerprint density at radius 3 is 2.86 bits per heavy atom. The standard InChI is InChI=1S/C10H13IN5O5P/c11-7-4(1-5(21-7)22(18,19)20)2-16-3-13-6-8(16)14-10(12)15-9(6)17/h3-5,7H,1-2H2,(H2,18,19,20)(H3,12,14,15,17)/t4-,5-,7-/m0/s1. The molecule has 2 aromatic rings. The summed E-state index contributed by atoms with van der Waals surface area (Å²) in [4.78, 5) is 30.1. The summed E-state index contributed by atoms with van der Waals surface area (Å²) in [6.07, 6.45) is 1.71. The molecule has 10 nitrogen and oxygen atoms in total. The van der Waals surface area contributed by atoms with Crippen LogP contribution in [0.25, 0.3) is 11.2 Å². The fraction of sp³-hybridized carbons (Fsp3) is 0.500. The first-order chi connectivity index (χ1) is 10.3. The van der Waals surface area contributed by atoms with Crippen molar-refractivity contribution in [2.45, 2.75) is 22.9 Å². The Hall–Kier alpha value is -1.01. The van der Waals surface area contributed by atoms with E-state index in [1.165, 1.54) is 6.33 Å². The molecule has 0 radical (unpaired) electrons. The van der Waals surface area contributed by atoms with Crippen LogP contribution in [0.1, 0.15) is 6.42 Å². The largest absolute Gasteiger partial charge is 0.492 e. The number of aromatic nitrogens is 4. The second-order valence-corrected chi connectivity index (χ2v) is 7.98. The Kier molecular flexibility index (Phi) is 4.01. The van der Waals surface area contributed by atoms with Crippen molar-refractivity contribution < 1.29 is 24.2 Å². The lowest BCUT2D eigenvalue weighted by molar-refractivity contribution is 0.121. The van der Waals surface area contributed by atoms with Gasteiger partial charge in [0, 0.05) is 12.5 Å². The number of hydrogen-bond acceptors (Lipinski definition) is 7. The molecule has 3 heterocycles. The minimum absolute atomic E-state index is 0.0754. The Balaban J connectivity index is 1.86. The molecule has 5 N–H and O–H groups in total. The normalized spacial score (nSPS) is 25.9. The van der Waals surface area contributed by atoms with E-state index in [0.29, 0.717) is 12.2 Å². The van der Waals surface area contributed by atoms with Crippen LogP contribution >= 0.6 is 30.2 Å². The number of halogens is 1. The predicted octanol–water partition coefficient (Wildman–Crippen LogP) is 0.415. The fourth-order valence-corrected chi connectivity index (χ4v) is 4.33. The molecule has 12 heteroatoms. The van der Waals surface area contributed by atoms with Crippen LogP contribution < -0.4 is 5.73 Å². The van der Waals surface area contributed by atoms with Gasteiger partial charge in [-0.15, -0.1) is 0 Å². The number of imidazole rings is 1. The van der Waals surface area contributed by atoms with Crippen LogP contribution in [0.5, 0.6) is 5.88 Å². The zero-order valence-electron chi connectivity index (χ0n) is 11.1. The highest BCUT2D eigenvalue weighted by Crippen LogP contribution is 2.51. The third kappa shape index (κ3) is 2.91. The van der Waals surface area contributed by atoms with Crippen LogP contribution in [0.3, 0.4) is 0 Å². The van der Waals surface area contributed by atoms with Crippen molar-refractivity contribution in [3.05, 3.63) is 6.33 Å². The van der Waals surface area contributed by atoms with Gasteiger partial charge in [0.15, 0.2) is 17.0 Å². The molecule has 0 aromatic carbocycles. The van der Waals surface area contributed by atoms with Gasteiger partial charge in [-0.1, -0.05) is 22.6 Å². The molecule has 3 atom stereocenters. The van der Waals surface area contributed by atoms with E-state index in [-0.39, 0.29) is 33.8 Å². The van der Waals surface area contributed by atoms with E-state index < -0.39 is 13.4 Å². The number of ether oxygens (including phenoxy) is 1. The molecule has 0 unspecified atom stereocenters. The van der Waals surface area contributed by atoms with Crippen LogP contribution in [0.2, 0.25) is 0 Å². The fourth-order valence-electron chi connectivity index (χ4n) is 2.39. The lowest BCUT2D eigenvalue weighted by atomic mass is 10.1. The molecular weight excluding hydrogens is 428 g/mol. The Morgan fingerprint density at radius 1 is 1.50 bits per heavy atom. The number of hydrogen-bond donors (Lipinski definition) is 4. The van der Waals surface area contributed by atoms with E-state index in [1.807, 2.05) is 22.6 Å². The molecule has 3 rings (SSSR count). The summed E-state index contributed by atoms with van der Waals surface area (Å²) < 4.78 is 17.9. The summed E-state index contributed by atoms with van der Waals surface area (Å²) >= 11 is 2.01. The monoisotopic (exact) mass is 441 g/mol. The van der Waals surface area contributed by atoms with Gasteiger partial charge in [0.05, 0.1) is 6.33 Å². The van der Waals surface area contributed by atoms with E-state index in [1.54, 1.807) is 4.57 Å². The molecule has 2 aromatic heterocycles.